The molecule has 4 atom stereocenters. The Hall–Kier alpha value is -4.90. The van der Waals surface area contributed by atoms with Crippen molar-refractivity contribution in [3.63, 3.8) is 0 Å². The van der Waals surface area contributed by atoms with Gasteiger partial charge in [0.15, 0.2) is 12.2 Å². The van der Waals surface area contributed by atoms with E-state index < -0.39 is 46.4 Å². The third-order valence-corrected chi connectivity index (χ3v) is 7.83. The number of carbonyl (C=O) groups excluding carboxylic acids is 3. The lowest BCUT2D eigenvalue weighted by Crippen LogP contribution is -2.42. The molecule has 1 aliphatic rings. The van der Waals surface area contributed by atoms with Gasteiger partial charge in [0.1, 0.15) is 17.8 Å². The van der Waals surface area contributed by atoms with Gasteiger partial charge in [0.2, 0.25) is 0 Å². The van der Waals surface area contributed by atoms with E-state index in [0.717, 1.165) is 11.8 Å². The average Bonchev–Trinajstić information content (AvgIpc) is 3.33. The molecule has 0 spiro atoms. The molecule has 0 saturated carbocycles. The summed E-state index contributed by atoms with van der Waals surface area (Å²) in [5.41, 5.74) is 5.90. The molecule has 0 amide bonds. The van der Waals surface area contributed by atoms with E-state index in [2.05, 4.69) is 4.98 Å². The lowest BCUT2D eigenvalue weighted by molar-refractivity contribution is -0.0412. The Labute approximate surface area is 239 Å². The number of esters is 3. The van der Waals surface area contributed by atoms with Gasteiger partial charge in [-0.1, -0.05) is 54.6 Å². The quantitative estimate of drug-likeness (QED) is 0.246. The fourth-order valence-electron chi connectivity index (χ4n) is 4.30. The summed E-state index contributed by atoms with van der Waals surface area (Å²) in [5, 5.41) is -1.59. The highest BCUT2D eigenvalue weighted by Gasteiger charge is 2.51. The number of benzene rings is 3. The molecule has 2 N–H and O–H groups in total. The average molecular weight is 572 g/mol. The van der Waals surface area contributed by atoms with Crippen molar-refractivity contribution < 1.29 is 28.6 Å². The first-order valence-corrected chi connectivity index (χ1v) is 13.6. The largest absolute Gasteiger partial charge is 0.461 e. The molecule has 0 unspecified atom stereocenters. The van der Waals surface area contributed by atoms with Crippen molar-refractivity contribution in [3.8, 4) is 0 Å². The molecule has 2 heterocycles. The van der Waals surface area contributed by atoms with Gasteiger partial charge in [-0.05, 0) is 42.5 Å². The number of ether oxygens (including phenoxy) is 3. The van der Waals surface area contributed by atoms with Gasteiger partial charge in [0.25, 0.3) is 0 Å². The first-order chi connectivity index (χ1) is 19.9. The molecule has 41 heavy (non-hydrogen) atoms. The molecule has 1 aliphatic heterocycles. The summed E-state index contributed by atoms with van der Waals surface area (Å²) in [6.45, 7) is -0.196. The van der Waals surface area contributed by atoms with Crippen LogP contribution in [0.15, 0.2) is 108 Å². The van der Waals surface area contributed by atoms with E-state index in [-0.39, 0.29) is 23.6 Å². The topological polar surface area (TPSA) is 140 Å². The van der Waals surface area contributed by atoms with Crippen molar-refractivity contribution in [2.75, 3.05) is 12.3 Å². The highest BCUT2D eigenvalue weighted by atomic mass is 32.2. The molecule has 1 saturated heterocycles. The zero-order valence-corrected chi connectivity index (χ0v) is 22.4. The van der Waals surface area contributed by atoms with E-state index in [1.165, 1.54) is 16.8 Å². The SMILES string of the molecule is Nc1ccn([C@H]2S[C@@H](COC(=O)c3ccccc3)[C@@H](OC(=O)c3ccccc3)[C@H]2OC(=O)c2ccccc2)c(=O)n1. The monoisotopic (exact) mass is 571 g/mol. The number of carbonyl (C=O) groups is 3. The number of thioether (sulfide) groups is 1. The van der Waals surface area contributed by atoms with Crippen LogP contribution in [-0.4, -0.2) is 51.5 Å². The predicted molar refractivity (Wildman–Crippen MR) is 151 cm³/mol. The van der Waals surface area contributed by atoms with Crippen LogP contribution in [0.3, 0.4) is 0 Å². The number of anilines is 1. The summed E-state index contributed by atoms with van der Waals surface area (Å²) in [6.07, 6.45) is -0.817. The molecule has 10 nitrogen and oxygen atoms in total. The molecule has 11 heteroatoms. The summed E-state index contributed by atoms with van der Waals surface area (Å²) in [6, 6.07) is 26.5. The Balaban J connectivity index is 1.49. The first kappa shape index (κ1) is 27.7. The number of nitrogens with zero attached hydrogens (tertiary/aromatic N) is 2. The van der Waals surface area contributed by atoms with Gasteiger partial charge in [0.05, 0.1) is 21.9 Å². The van der Waals surface area contributed by atoms with E-state index in [0.29, 0.717) is 5.56 Å². The second kappa shape index (κ2) is 12.5. The highest BCUT2D eigenvalue weighted by molar-refractivity contribution is 8.00. The molecular weight excluding hydrogens is 546 g/mol. The van der Waals surface area contributed by atoms with Crippen molar-refractivity contribution in [3.05, 3.63) is 130 Å². The van der Waals surface area contributed by atoms with Gasteiger partial charge in [-0.2, -0.15) is 4.98 Å². The van der Waals surface area contributed by atoms with Crippen LogP contribution in [0.1, 0.15) is 36.4 Å². The first-order valence-electron chi connectivity index (χ1n) is 12.6. The zero-order chi connectivity index (χ0) is 28.8. The van der Waals surface area contributed by atoms with Gasteiger partial charge in [-0.25, -0.2) is 19.2 Å². The second-order valence-corrected chi connectivity index (χ2v) is 10.4. The van der Waals surface area contributed by atoms with E-state index in [9.17, 15) is 19.2 Å². The minimum absolute atomic E-state index is 0.0208. The molecule has 0 bridgehead atoms. The Morgan fingerprint density at radius 3 is 1.73 bits per heavy atom. The number of hydrogen-bond donors (Lipinski definition) is 1. The molecule has 5 rings (SSSR count). The van der Waals surface area contributed by atoms with E-state index in [1.54, 1.807) is 91.0 Å². The Kier molecular flexibility index (Phi) is 8.44. The Morgan fingerprint density at radius 1 is 0.732 bits per heavy atom. The zero-order valence-electron chi connectivity index (χ0n) is 21.6. The minimum atomic E-state index is -1.15. The molecular formula is C30H25N3O7S. The lowest BCUT2D eigenvalue weighted by atomic mass is 10.1. The van der Waals surface area contributed by atoms with Crippen LogP contribution in [0, 0.1) is 0 Å². The molecule has 3 aromatic carbocycles. The minimum Gasteiger partial charge on any atom is -0.461 e. The Bertz CT molecular complexity index is 1580. The van der Waals surface area contributed by atoms with Crippen molar-refractivity contribution >= 4 is 35.5 Å². The molecule has 0 aliphatic carbocycles. The van der Waals surface area contributed by atoms with Crippen LogP contribution in [0.4, 0.5) is 5.82 Å². The van der Waals surface area contributed by atoms with E-state index in [4.69, 9.17) is 19.9 Å². The summed E-state index contributed by atoms with van der Waals surface area (Å²) in [4.78, 5) is 55.8. The van der Waals surface area contributed by atoms with Gasteiger partial charge in [-0.15, -0.1) is 11.8 Å². The van der Waals surface area contributed by atoms with E-state index in [1.807, 2.05) is 0 Å². The Morgan fingerprint density at radius 2 is 1.22 bits per heavy atom. The van der Waals surface area contributed by atoms with Gasteiger partial charge >= 0.3 is 23.6 Å². The fourth-order valence-corrected chi connectivity index (χ4v) is 5.83. The van der Waals surface area contributed by atoms with Gasteiger partial charge < -0.3 is 19.9 Å². The standard InChI is InChI=1S/C30H25N3O7S/c31-23-16-17-33(30(37)32-23)26-25(40-29(36)21-14-8-3-9-15-21)24(39-28(35)20-12-6-2-7-13-20)22(41-26)18-38-27(34)19-10-4-1-5-11-19/h1-17,22,24-26H,18H2,(H2,31,32,37)/t22-,24+,25+,26-/m0/s1. The number of nitrogens with two attached hydrogens (primary N) is 1. The number of aromatic nitrogens is 2. The maximum Gasteiger partial charge on any atom is 0.350 e. The van der Waals surface area contributed by atoms with Crippen LogP contribution in [0.25, 0.3) is 0 Å². The molecule has 0 radical (unpaired) electrons. The predicted octanol–water partition coefficient (Wildman–Crippen LogP) is 3.75. The number of nitrogen functional groups attached to an aromatic ring is 1. The summed E-state index contributed by atoms with van der Waals surface area (Å²) in [7, 11) is 0. The third-order valence-electron chi connectivity index (χ3n) is 6.30. The van der Waals surface area contributed by atoms with Crippen LogP contribution in [0.5, 0.6) is 0 Å². The maximum atomic E-state index is 13.2. The van der Waals surface area contributed by atoms with Crippen LogP contribution >= 0.6 is 11.8 Å². The van der Waals surface area contributed by atoms with Gasteiger partial charge in [0, 0.05) is 6.20 Å². The fraction of sp³-hybridized carbons (Fsp3) is 0.167. The maximum absolute atomic E-state index is 13.2. The number of hydrogen-bond acceptors (Lipinski definition) is 10. The summed E-state index contributed by atoms with van der Waals surface area (Å²) < 4.78 is 18.7. The molecule has 208 valence electrons. The highest BCUT2D eigenvalue weighted by Crippen LogP contribution is 2.45. The number of rotatable bonds is 8. The van der Waals surface area contributed by atoms with Crippen molar-refractivity contribution in [1.82, 2.24) is 9.55 Å². The van der Waals surface area contributed by atoms with E-state index >= 15 is 0 Å². The van der Waals surface area contributed by atoms with Crippen molar-refractivity contribution in [2.24, 2.45) is 0 Å². The van der Waals surface area contributed by atoms with Gasteiger partial charge in [-0.3, -0.25) is 4.57 Å². The van der Waals surface area contributed by atoms with Crippen LogP contribution < -0.4 is 11.4 Å². The van der Waals surface area contributed by atoms with Crippen LogP contribution in [0.2, 0.25) is 0 Å². The lowest BCUT2D eigenvalue weighted by Gasteiger charge is -2.26. The third kappa shape index (κ3) is 6.47. The summed E-state index contributed by atoms with van der Waals surface area (Å²) in [5.74, 6) is -1.90. The van der Waals surface area contributed by atoms with Crippen molar-refractivity contribution in [2.45, 2.75) is 22.8 Å². The second-order valence-electron chi connectivity index (χ2n) is 9.04. The molecule has 1 fully saturated rings. The molecule has 4 aromatic rings. The smallest absolute Gasteiger partial charge is 0.350 e. The summed E-state index contributed by atoms with van der Waals surface area (Å²) >= 11 is 1.16. The van der Waals surface area contributed by atoms with Crippen molar-refractivity contribution in [1.29, 1.82) is 0 Å². The van der Waals surface area contributed by atoms with Crippen LogP contribution in [-0.2, 0) is 14.2 Å². The normalized spacial score (nSPS) is 19.7. The molecule has 1 aromatic heterocycles.